The van der Waals surface area contributed by atoms with Crippen molar-refractivity contribution in [1.82, 2.24) is 9.97 Å². The van der Waals surface area contributed by atoms with Gasteiger partial charge in [0.25, 0.3) is 5.91 Å². The number of nitrogens with one attached hydrogen (secondary N) is 1. The zero-order valence-corrected chi connectivity index (χ0v) is 22.3. The summed E-state index contributed by atoms with van der Waals surface area (Å²) >= 11 is 1.44. The Kier molecular flexibility index (Phi) is 7.04. The second-order valence-corrected chi connectivity index (χ2v) is 10.6. The highest BCUT2D eigenvalue weighted by atomic mass is 32.1. The van der Waals surface area contributed by atoms with Crippen molar-refractivity contribution in [3.05, 3.63) is 100 Å². The van der Waals surface area contributed by atoms with Crippen LogP contribution in [0.15, 0.2) is 78.9 Å². The maximum Gasteiger partial charge on any atom is 0.338 e. The minimum atomic E-state index is -0.641. The summed E-state index contributed by atoms with van der Waals surface area (Å²) in [6, 6.07) is 26.8. The molecule has 1 amide bonds. The van der Waals surface area contributed by atoms with Crippen LogP contribution in [0.1, 0.15) is 39.2 Å². The molecule has 40 heavy (non-hydrogen) atoms. The predicted octanol–water partition coefficient (Wildman–Crippen LogP) is 6.57. The van der Waals surface area contributed by atoms with Crippen molar-refractivity contribution in [3.8, 4) is 28.6 Å². The second-order valence-electron chi connectivity index (χ2n) is 9.51. The summed E-state index contributed by atoms with van der Waals surface area (Å²) in [5.41, 5.74) is 6.31. The van der Waals surface area contributed by atoms with Gasteiger partial charge in [0.1, 0.15) is 11.1 Å². The fourth-order valence-electron chi connectivity index (χ4n) is 4.93. The number of aromatic nitrogens is 2. The lowest BCUT2D eigenvalue weighted by Gasteiger charge is -2.11. The average Bonchev–Trinajstić information content (AvgIpc) is 3.36. The molecule has 2 aromatic heterocycles. The molecule has 8 heteroatoms. The number of nitrogens with zero attached hydrogens (tertiary/aromatic N) is 3. The number of anilines is 1. The van der Waals surface area contributed by atoms with E-state index in [0.717, 1.165) is 52.9 Å². The standard InChI is InChI=1S/C32H24N4O3S/c33-18-24-23-13-7-8-14-27(23)40-31(24)36-28(37)19-39-32(38)22-15-16-25-26(17-22)35-30(21-11-5-2-6-12-21)29(34-25)20-9-3-1-4-10-20/h1-6,9-12,15-17H,7-8,13-14,19H2,(H,36,37). The van der Waals surface area contributed by atoms with Crippen molar-refractivity contribution in [1.29, 1.82) is 5.26 Å². The average molecular weight is 545 g/mol. The van der Waals surface area contributed by atoms with Gasteiger partial charge in [0, 0.05) is 16.0 Å². The highest BCUT2D eigenvalue weighted by Crippen LogP contribution is 2.37. The predicted molar refractivity (Wildman–Crippen MR) is 155 cm³/mol. The number of fused-ring (bicyclic) bond motifs is 2. The fraction of sp³-hybridized carbons (Fsp3) is 0.156. The lowest BCUT2D eigenvalue weighted by Crippen LogP contribution is -2.21. The molecule has 0 saturated carbocycles. The summed E-state index contributed by atoms with van der Waals surface area (Å²) in [7, 11) is 0. The van der Waals surface area contributed by atoms with Crippen LogP contribution in [-0.2, 0) is 22.4 Å². The quantitative estimate of drug-likeness (QED) is 0.242. The molecule has 0 aliphatic heterocycles. The summed E-state index contributed by atoms with van der Waals surface area (Å²) in [6.07, 6.45) is 3.90. The van der Waals surface area contributed by atoms with Crippen LogP contribution >= 0.6 is 11.3 Å². The van der Waals surface area contributed by atoms with Crippen LogP contribution in [0, 0.1) is 11.3 Å². The largest absolute Gasteiger partial charge is 0.452 e. The number of carbonyl (C=O) groups excluding carboxylic acids is 2. The first kappa shape index (κ1) is 25.4. The maximum absolute atomic E-state index is 12.9. The smallest absolute Gasteiger partial charge is 0.338 e. The van der Waals surface area contributed by atoms with Gasteiger partial charge in [-0.05, 0) is 49.4 Å². The molecule has 0 radical (unpaired) electrons. The van der Waals surface area contributed by atoms with Gasteiger partial charge in [0.05, 0.1) is 33.5 Å². The van der Waals surface area contributed by atoms with E-state index in [4.69, 9.17) is 14.7 Å². The first-order chi connectivity index (χ1) is 19.6. The highest BCUT2D eigenvalue weighted by Gasteiger charge is 2.22. The number of amides is 1. The minimum absolute atomic E-state index is 0.269. The first-order valence-electron chi connectivity index (χ1n) is 13.0. The Labute approximate surface area is 235 Å². The van der Waals surface area contributed by atoms with Crippen LogP contribution in [0.25, 0.3) is 33.5 Å². The molecule has 7 nitrogen and oxygen atoms in total. The van der Waals surface area contributed by atoms with Gasteiger partial charge in [0.2, 0.25) is 0 Å². The summed E-state index contributed by atoms with van der Waals surface area (Å²) in [4.78, 5) is 36.4. The molecule has 1 aliphatic rings. The summed E-state index contributed by atoms with van der Waals surface area (Å²) in [5.74, 6) is -1.12. The van der Waals surface area contributed by atoms with Gasteiger partial charge in [-0.25, -0.2) is 14.8 Å². The number of benzene rings is 3. The van der Waals surface area contributed by atoms with E-state index < -0.39 is 18.5 Å². The number of nitriles is 1. The molecule has 196 valence electrons. The third-order valence-corrected chi connectivity index (χ3v) is 8.07. The molecule has 0 saturated heterocycles. The highest BCUT2D eigenvalue weighted by molar-refractivity contribution is 7.16. The van der Waals surface area contributed by atoms with Crippen LogP contribution in [0.3, 0.4) is 0 Å². The zero-order chi connectivity index (χ0) is 27.5. The molecule has 0 bridgehead atoms. The topological polar surface area (TPSA) is 105 Å². The van der Waals surface area contributed by atoms with Gasteiger partial charge >= 0.3 is 5.97 Å². The van der Waals surface area contributed by atoms with Gasteiger partial charge in [0.15, 0.2) is 6.61 Å². The van der Waals surface area contributed by atoms with Gasteiger partial charge in [-0.3, -0.25) is 4.79 Å². The van der Waals surface area contributed by atoms with Gasteiger partial charge in [-0.1, -0.05) is 60.7 Å². The van der Waals surface area contributed by atoms with Crippen molar-refractivity contribution >= 4 is 39.2 Å². The van der Waals surface area contributed by atoms with Crippen LogP contribution in [0.5, 0.6) is 0 Å². The van der Waals surface area contributed by atoms with E-state index in [9.17, 15) is 14.9 Å². The molecule has 0 atom stereocenters. The van der Waals surface area contributed by atoms with E-state index in [0.29, 0.717) is 27.3 Å². The zero-order valence-electron chi connectivity index (χ0n) is 21.5. The van der Waals surface area contributed by atoms with Gasteiger partial charge < -0.3 is 10.1 Å². The van der Waals surface area contributed by atoms with Gasteiger partial charge in [-0.15, -0.1) is 11.3 Å². The fourth-order valence-corrected chi connectivity index (χ4v) is 6.18. The number of ether oxygens (including phenoxy) is 1. The van der Waals surface area contributed by atoms with Crippen molar-refractivity contribution < 1.29 is 14.3 Å². The number of carbonyl (C=O) groups is 2. The van der Waals surface area contributed by atoms with E-state index in [2.05, 4.69) is 11.4 Å². The lowest BCUT2D eigenvalue weighted by molar-refractivity contribution is -0.119. The van der Waals surface area contributed by atoms with E-state index in [1.807, 2.05) is 60.7 Å². The van der Waals surface area contributed by atoms with Crippen LogP contribution in [0.4, 0.5) is 5.00 Å². The third kappa shape index (κ3) is 5.07. The maximum atomic E-state index is 12.9. The van der Waals surface area contributed by atoms with E-state index >= 15 is 0 Å². The first-order valence-corrected chi connectivity index (χ1v) is 13.9. The molecule has 1 aliphatic carbocycles. The number of thiophene rings is 1. The molecule has 1 N–H and O–H groups in total. The molecule has 0 spiro atoms. The molecular formula is C32H24N4O3S. The molecule has 0 fully saturated rings. The number of aryl methyl sites for hydroxylation is 1. The number of esters is 1. The lowest BCUT2D eigenvalue weighted by atomic mass is 9.96. The SMILES string of the molecule is N#Cc1c(NC(=O)COC(=O)c2ccc3nc(-c4ccccc4)c(-c4ccccc4)nc3c2)sc2c1CCCC2. The Morgan fingerprint density at radius 2 is 1.52 bits per heavy atom. The third-order valence-electron chi connectivity index (χ3n) is 6.86. The Morgan fingerprint density at radius 3 is 2.20 bits per heavy atom. The monoisotopic (exact) mass is 544 g/mol. The van der Waals surface area contributed by atoms with Crippen molar-refractivity contribution in [3.63, 3.8) is 0 Å². The molecule has 0 unspecified atom stereocenters. The van der Waals surface area contributed by atoms with E-state index in [1.54, 1.807) is 18.2 Å². The van der Waals surface area contributed by atoms with Crippen molar-refractivity contribution in [2.45, 2.75) is 25.7 Å². The van der Waals surface area contributed by atoms with E-state index in [-0.39, 0.29) is 5.56 Å². The Hall–Kier alpha value is -4.87. The minimum Gasteiger partial charge on any atom is -0.452 e. The van der Waals surface area contributed by atoms with Crippen molar-refractivity contribution in [2.24, 2.45) is 0 Å². The summed E-state index contributed by atoms with van der Waals surface area (Å²) in [5, 5.41) is 12.9. The number of rotatable bonds is 6. The van der Waals surface area contributed by atoms with Crippen LogP contribution in [-0.4, -0.2) is 28.5 Å². The summed E-state index contributed by atoms with van der Waals surface area (Å²) in [6.45, 7) is -0.460. The Morgan fingerprint density at radius 1 is 0.875 bits per heavy atom. The summed E-state index contributed by atoms with van der Waals surface area (Å²) < 4.78 is 5.32. The Bertz CT molecular complexity index is 1780. The Balaban J connectivity index is 1.22. The molecule has 2 heterocycles. The molecular weight excluding hydrogens is 520 g/mol. The molecule has 6 rings (SSSR count). The van der Waals surface area contributed by atoms with Crippen LogP contribution in [0.2, 0.25) is 0 Å². The number of hydrogen-bond acceptors (Lipinski definition) is 7. The van der Waals surface area contributed by atoms with Crippen LogP contribution < -0.4 is 5.32 Å². The molecule has 5 aromatic rings. The normalized spacial score (nSPS) is 12.4. The number of hydrogen-bond donors (Lipinski definition) is 1. The van der Waals surface area contributed by atoms with Crippen molar-refractivity contribution in [2.75, 3.05) is 11.9 Å². The second kappa shape index (κ2) is 11.1. The molecule has 3 aromatic carbocycles. The van der Waals surface area contributed by atoms with Gasteiger partial charge in [-0.2, -0.15) is 5.26 Å². The van der Waals surface area contributed by atoms with E-state index in [1.165, 1.54) is 11.3 Å².